The first-order chi connectivity index (χ1) is 16.4. The predicted molar refractivity (Wildman–Crippen MR) is 116 cm³/mol. The largest absolute Gasteiger partial charge is 0.416 e. The van der Waals surface area contributed by atoms with Gasteiger partial charge in [-0.15, -0.1) is 5.10 Å². The summed E-state index contributed by atoms with van der Waals surface area (Å²) in [6.07, 6.45) is -2.28. The Kier molecular flexibility index (Phi) is 6.23. The molecular formula is C20H20F3N7O4S. The van der Waals surface area contributed by atoms with Gasteiger partial charge in [-0.05, 0) is 24.1 Å². The van der Waals surface area contributed by atoms with Gasteiger partial charge in [-0.2, -0.15) is 18.3 Å². The van der Waals surface area contributed by atoms with Crippen LogP contribution >= 0.6 is 0 Å². The van der Waals surface area contributed by atoms with Crippen LogP contribution in [0.15, 0.2) is 35.6 Å². The van der Waals surface area contributed by atoms with E-state index < -0.39 is 32.5 Å². The van der Waals surface area contributed by atoms with E-state index in [0.717, 1.165) is 27.4 Å². The van der Waals surface area contributed by atoms with Crippen molar-refractivity contribution in [1.29, 1.82) is 0 Å². The highest BCUT2D eigenvalue weighted by Crippen LogP contribution is 2.32. The molecule has 4 rings (SSSR count). The average Bonchev–Trinajstić information content (AvgIpc) is 3.39. The smallest absolute Gasteiger partial charge is 0.273 e. The van der Waals surface area contributed by atoms with Crippen LogP contribution in [-0.4, -0.2) is 55.9 Å². The van der Waals surface area contributed by atoms with Gasteiger partial charge < -0.3 is 0 Å². The van der Waals surface area contributed by atoms with Crippen LogP contribution in [0.3, 0.4) is 0 Å². The van der Waals surface area contributed by atoms with Gasteiger partial charge in [0.2, 0.25) is 0 Å². The summed E-state index contributed by atoms with van der Waals surface area (Å²) in [4.78, 5) is 26.1. The SMILES string of the molecule is CCS(=O)(=O)c1nn2c(C(=O)NOCC(C)C)ccnc2c1-c1nc2cc(C(F)(F)F)ccn2n1. The zero-order chi connectivity index (χ0) is 25.5. The summed E-state index contributed by atoms with van der Waals surface area (Å²) < 4.78 is 67.1. The first kappa shape index (κ1) is 24.5. The minimum Gasteiger partial charge on any atom is -0.273 e. The summed E-state index contributed by atoms with van der Waals surface area (Å²) in [5.41, 5.74) is 0.875. The highest BCUT2D eigenvalue weighted by molar-refractivity contribution is 7.91. The number of nitrogens with zero attached hydrogens (tertiary/aromatic N) is 6. The Morgan fingerprint density at radius 3 is 2.63 bits per heavy atom. The van der Waals surface area contributed by atoms with Gasteiger partial charge in [-0.3, -0.25) is 9.63 Å². The number of hydrogen-bond acceptors (Lipinski definition) is 8. The Morgan fingerprint density at radius 1 is 1.23 bits per heavy atom. The lowest BCUT2D eigenvalue weighted by Gasteiger charge is -2.08. The summed E-state index contributed by atoms with van der Waals surface area (Å²) in [5, 5.41) is 7.78. The minimum atomic E-state index is -4.60. The van der Waals surface area contributed by atoms with Crippen molar-refractivity contribution in [2.24, 2.45) is 5.92 Å². The van der Waals surface area contributed by atoms with Gasteiger partial charge in [0.1, 0.15) is 11.3 Å². The summed E-state index contributed by atoms with van der Waals surface area (Å²) >= 11 is 0. The molecule has 0 aromatic carbocycles. The highest BCUT2D eigenvalue weighted by Gasteiger charge is 2.32. The number of hydrogen-bond donors (Lipinski definition) is 1. The van der Waals surface area contributed by atoms with Crippen molar-refractivity contribution < 1.29 is 31.2 Å². The van der Waals surface area contributed by atoms with Crippen molar-refractivity contribution in [2.45, 2.75) is 32.0 Å². The molecule has 4 aromatic heterocycles. The number of pyridine rings is 1. The van der Waals surface area contributed by atoms with E-state index in [-0.39, 0.29) is 46.7 Å². The lowest BCUT2D eigenvalue weighted by Crippen LogP contribution is -2.27. The number of amides is 1. The molecule has 0 fully saturated rings. The maximum Gasteiger partial charge on any atom is 0.416 e. The van der Waals surface area contributed by atoms with Gasteiger partial charge in [0.05, 0.1) is 17.9 Å². The number of hydroxylamine groups is 1. The van der Waals surface area contributed by atoms with Crippen LogP contribution in [0.4, 0.5) is 13.2 Å². The van der Waals surface area contributed by atoms with Crippen LogP contribution < -0.4 is 5.48 Å². The van der Waals surface area contributed by atoms with Crippen LogP contribution in [0.5, 0.6) is 0 Å². The number of sulfone groups is 1. The zero-order valence-electron chi connectivity index (χ0n) is 18.7. The number of fused-ring (bicyclic) bond motifs is 2. The Bertz CT molecular complexity index is 1530. The molecule has 15 heteroatoms. The van der Waals surface area contributed by atoms with Crippen LogP contribution in [0.2, 0.25) is 0 Å². The maximum atomic E-state index is 13.1. The molecule has 0 spiro atoms. The fourth-order valence-corrected chi connectivity index (χ4v) is 4.11. The minimum absolute atomic E-state index is 0.0690. The van der Waals surface area contributed by atoms with Gasteiger partial charge in [0.25, 0.3) is 5.91 Å². The Balaban J connectivity index is 1.90. The number of alkyl halides is 3. The zero-order valence-corrected chi connectivity index (χ0v) is 19.6. The third-order valence-electron chi connectivity index (χ3n) is 4.86. The predicted octanol–water partition coefficient (Wildman–Crippen LogP) is 2.57. The third kappa shape index (κ3) is 4.68. The maximum absolute atomic E-state index is 13.1. The highest BCUT2D eigenvalue weighted by atomic mass is 32.2. The van der Waals surface area contributed by atoms with Crippen LogP contribution in [0, 0.1) is 5.92 Å². The number of aromatic nitrogens is 6. The molecule has 1 N–H and O–H groups in total. The molecule has 0 unspecified atom stereocenters. The molecule has 11 nitrogen and oxygen atoms in total. The standard InChI is InChI=1S/C20H20F3N7O4S/c1-4-35(32,33)19-15(16-25-14-9-12(20(21,22)23)6-8-29(14)26-16)17-24-7-5-13(30(17)27-19)18(31)28-34-10-11(2)3/h5-9,11H,4,10H2,1-3H3,(H,28,31). The number of carbonyl (C=O) groups is 1. The second-order valence-electron chi connectivity index (χ2n) is 7.94. The van der Waals surface area contributed by atoms with Crippen LogP contribution in [0.1, 0.15) is 36.8 Å². The molecule has 0 radical (unpaired) electrons. The Morgan fingerprint density at radius 2 is 1.97 bits per heavy atom. The van der Waals surface area contributed by atoms with E-state index in [0.29, 0.717) is 0 Å². The normalized spacial score (nSPS) is 12.7. The molecule has 0 bridgehead atoms. The topological polar surface area (TPSA) is 133 Å². The fraction of sp³-hybridized carbons (Fsp3) is 0.350. The summed E-state index contributed by atoms with van der Waals surface area (Å²) in [6, 6.07) is 2.92. The number of nitrogens with one attached hydrogen (secondary N) is 1. The molecule has 4 aromatic rings. The summed E-state index contributed by atoms with van der Waals surface area (Å²) in [7, 11) is -3.98. The fourth-order valence-electron chi connectivity index (χ4n) is 3.14. The lowest BCUT2D eigenvalue weighted by molar-refractivity contribution is -0.137. The molecule has 35 heavy (non-hydrogen) atoms. The molecule has 0 aliphatic carbocycles. The first-order valence-corrected chi connectivity index (χ1v) is 12.0. The van der Waals surface area contributed by atoms with Gasteiger partial charge in [-0.1, -0.05) is 20.8 Å². The van der Waals surface area contributed by atoms with E-state index in [1.165, 1.54) is 19.2 Å². The Hall–Kier alpha value is -3.59. The van der Waals surface area contributed by atoms with E-state index in [2.05, 4.69) is 25.6 Å². The van der Waals surface area contributed by atoms with E-state index >= 15 is 0 Å². The van der Waals surface area contributed by atoms with Crippen molar-refractivity contribution >= 4 is 27.0 Å². The van der Waals surface area contributed by atoms with E-state index in [1.54, 1.807) is 0 Å². The van der Waals surface area contributed by atoms with Crippen molar-refractivity contribution in [1.82, 2.24) is 34.7 Å². The lowest BCUT2D eigenvalue weighted by atomic mass is 10.2. The summed E-state index contributed by atoms with van der Waals surface area (Å²) in [5.74, 6) is -1.11. The van der Waals surface area contributed by atoms with Gasteiger partial charge in [0.15, 0.2) is 32.0 Å². The van der Waals surface area contributed by atoms with Crippen molar-refractivity contribution in [3.8, 4) is 11.4 Å². The van der Waals surface area contributed by atoms with E-state index in [4.69, 9.17) is 4.84 Å². The average molecular weight is 511 g/mol. The molecule has 4 heterocycles. The molecule has 0 aliphatic rings. The molecule has 0 saturated carbocycles. The van der Waals surface area contributed by atoms with Gasteiger partial charge in [0, 0.05) is 12.4 Å². The van der Waals surface area contributed by atoms with Crippen LogP contribution in [0.25, 0.3) is 22.7 Å². The van der Waals surface area contributed by atoms with Crippen molar-refractivity contribution in [2.75, 3.05) is 12.4 Å². The molecule has 1 amide bonds. The van der Waals surface area contributed by atoms with Crippen molar-refractivity contribution in [3.63, 3.8) is 0 Å². The molecule has 0 atom stereocenters. The first-order valence-electron chi connectivity index (χ1n) is 10.4. The van der Waals surface area contributed by atoms with Gasteiger partial charge in [-0.25, -0.2) is 32.9 Å². The number of rotatable bonds is 7. The molecular weight excluding hydrogens is 491 g/mol. The van der Waals surface area contributed by atoms with Gasteiger partial charge >= 0.3 is 6.18 Å². The second kappa shape index (κ2) is 8.88. The molecule has 0 saturated heterocycles. The quantitative estimate of drug-likeness (QED) is 0.375. The van der Waals surface area contributed by atoms with Crippen molar-refractivity contribution in [3.05, 3.63) is 41.9 Å². The van der Waals surface area contributed by atoms with Crippen LogP contribution in [-0.2, 0) is 20.9 Å². The van der Waals surface area contributed by atoms with E-state index in [9.17, 15) is 26.4 Å². The second-order valence-corrected chi connectivity index (χ2v) is 10.1. The number of halogens is 3. The third-order valence-corrected chi connectivity index (χ3v) is 6.50. The summed E-state index contributed by atoms with van der Waals surface area (Å²) in [6.45, 7) is 5.41. The number of carbonyl (C=O) groups excluding carboxylic acids is 1. The molecule has 0 aliphatic heterocycles. The van der Waals surface area contributed by atoms with E-state index in [1.807, 2.05) is 13.8 Å². The Labute approximate surface area is 196 Å². The molecule has 186 valence electrons. The monoisotopic (exact) mass is 511 g/mol.